The van der Waals surface area contributed by atoms with E-state index in [0.717, 1.165) is 35.5 Å². The number of amides is 1. The lowest BCUT2D eigenvalue weighted by Crippen LogP contribution is -2.29. The standard InChI is InChI=1S/C31H34N8O4/c1-7-27(40)33-23-15-24(26(42-5)16-25(23)38(4)13-12-37(2)3)34-31-32-17-22(30(41)43-6)29(35-31)39-18-20-14-19-10-8-9-11-21(19)28(20)36-39/h7-11,15-18H,1,12-14H2,2-6H3,(H,33,40)(H,32,34,35). The first-order chi connectivity index (χ1) is 20.7. The molecule has 2 aromatic carbocycles. The predicted octanol–water partition coefficient (Wildman–Crippen LogP) is 3.89. The molecule has 0 saturated heterocycles. The second kappa shape index (κ2) is 12.3. The molecule has 0 atom stereocenters. The average molecular weight is 583 g/mol. The number of aromatic nitrogens is 4. The van der Waals surface area contributed by atoms with Crippen LogP contribution in [0.3, 0.4) is 0 Å². The summed E-state index contributed by atoms with van der Waals surface area (Å²) in [5, 5.41) is 10.8. The summed E-state index contributed by atoms with van der Waals surface area (Å²) in [5.74, 6) is 0.00434. The van der Waals surface area contributed by atoms with E-state index in [2.05, 4.69) is 38.1 Å². The second-order valence-corrected chi connectivity index (χ2v) is 10.3. The van der Waals surface area contributed by atoms with Gasteiger partial charge in [0.1, 0.15) is 11.3 Å². The van der Waals surface area contributed by atoms with Crippen LogP contribution in [-0.2, 0) is 16.0 Å². The number of likely N-dealkylation sites (N-methyl/N-ethyl adjacent to an activating group) is 2. The highest BCUT2D eigenvalue weighted by atomic mass is 16.5. The molecule has 1 aliphatic carbocycles. The Balaban J connectivity index is 1.54. The van der Waals surface area contributed by atoms with E-state index in [1.807, 2.05) is 56.5 Å². The summed E-state index contributed by atoms with van der Waals surface area (Å²) >= 11 is 0. The normalized spacial score (nSPS) is 11.5. The maximum absolute atomic E-state index is 12.7. The van der Waals surface area contributed by atoms with Crippen molar-refractivity contribution in [1.82, 2.24) is 24.6 Å². The number of hydrogen-bond acceptors (Lipinski definition) is 10. The molecule has 0 fully saturated rings. The van der Waals surface area contributed by atoms with Gasteiger partial charge >= 0.3 is 5.97 Å². The SMILES string of the molecule is C=CC(=O)Nc1cc(Nc2ncc(C(=O)OC)c(-n3cc4c(n3)-c3ccccc3C4)n2)c(OC)cc1N(C)CCN(C)C. The summed E-state index contributed by atoms with van der Waals surface area (Å²) < 4.78 is 12.3. The molecule has 0 spiro atoms. The lowest BCUT2D eigenvalue weighted by molar-refractivity contribution is -0.111. The van der Waals surface area contributed by atoms with Crippen LogP contribution in [0.25, 0.3) is 17.1 Å². The molecular formula is C31H34N8O4. The van der Waals surface area contributed by atoms with Crippen LogP contribution in [0, 0.1) is 0 Å². The van der Waals surface area contributed by atoms with Crippen molar-refractivity contribution in [2.75, 3.05) is 64.0 Å². The number of carbonyl (C=O) groups excluding carboxylic acids is 2. The Morgan fingerprint density at radius 2 is 1.88 bits per heavy atom. The zero-order valence-electron chi connectivity index (χ0n) is 24.8. The maximum Gasteiger partial charge on any atom is 0.343 e. The number of anilines is 4. The van der Waals surface area contributed by atoms with Crippen molar-refractivity contribution < 1.29 is 19.1 Å². The highest BCUT2D eigenvalue weighted by Crippen LogP contribution is 2.39. The molecule has 0 unspecified atom stereocenters. The minimum atomic E-state index is -0.588. The molecule has 2 N–H and O–H groups in total. The van der Waals surface area contributed by atoms with Gasteiger partial charge in [-0.05, 0) is 31.8 Å². The van der Waals surface area contributed by atoms with Gasteiger partial charge in [-0.2, -0.15) is 10.1 Å². The van der Waals surface area contributed by atoms with Crippen molar-refractivity contribution >= 4 is 34.9 Å². The van der Waals surface area contributed by atoms with Gasteiger partial charge in [0.05, 0.1) is 37.0 Å². The van der Waals surface area contributed by atoms with Gasteiger partial charge in [-0.25, -0.2) is 14.5 Å². The first kappa shape index (κ1) is 29.3. The fourth-order valence-corrected chi connectivity index (χ4v) is 4.87. The minimum Gasteiger partial charge on any atom is -0.494 e. The summed E-state index contributed by atoms with van der Waals surface area (Å²) in [7, 11) is 8.80. The van der Waals surface area contributed by atoms with Crippen molar-refractivity contribution in [2.24, 2.45) is 0 Å². The van der Waals surface area contributed by atoms with Crippen LogP contribution in [-0.4, -0.2) is 85.0 Å². The number of rotatable bonds is 11. The molecular weight excluding hydrogens is 548 g/mol. The second-order valence-electron chi connectivity index (χ2n) is 10.3. The zero-order valence-corrected chi connectivity index (χ0v) is 24.8. The molecule has 1 amide bonds. The van der Waals surface area contributed by atoms with Crippen LogP contribution in [0.2, 0.25) is 0 Å². The monoisotopic (exact) mass is 582 g/mol. The van der Waals surface area contributed by atoms with Crippen LogP contribution in [0.15, 0.2) is 61.4 Å². The first-order valence-corrected chi connectivity index (χ1v) is 13.6. The molecule has 0 aliphatic heterocycles. The molecule has 1 aliphatic rings. The molecule has 0 saturated carbocycles. The van der Waals surface area contributed by atoms with Gasteiger partial charge in [0.25, 0.3) is 0 Å². The van der Waals surface area contributed by atoms with Crippen LogP contribution in [0.5, 0.6) is 5.75 Å². The number of hydrogen-bond donors (Lipinski definition) is 2. The Hall–Kier alpha value is -5.23. The van der Waals surface area contributed by atoms with E-state index in [1.165, 1.54) is 24.9 Å². The number of ether oxygens (including phenoxy) is 2. The largest absolute Gasteiger partial charge is 0.494 e. The third kappa shape index (κ3) is 6.04. The predicted molar refractivity (Wildman–Crippen MR) is 166 cm³/mol. The van der Waals surface area contributed by atoms with Gasteiger partial charge in [0, 0.05) is 56.1 Å². The van der Waals surface area contributed by atoms with Gasteiger partial charge in [0.2, 0.25) is 11.9 Å². The summed E-state index contributed by atoms with van der Waals surface area (Å²) in [6.45, 7) is 5.09. The fourth-order valence-electron chi connectivity index (χ4n) is 4.87. The number of esters is 1. The maximum atomic E-state index is 12.7. The van der Waals surface area contributed by atoms with Crippen molar-refractivity contribution in [3.8, 4) is 22.8 Å². The third-order valence-electron chi connectivity index (χ3n) is 7.14. The van der Waals surface area contributed by atoms with Gasteiger partial charge in [-0.3, -0.25) is 4.79 Å². The molecule has 5 rings (SSSR count). The van der Waals surface area contributed by atoms with Crippen LogP contribution < -0.4 is 20.3 Å². The van der Waals surface area contributed by atoms with Crippen molar-refractivity contribution in [3.63, 3.8) is 0 Å². The Kier molecular flexibility index (Phi) is 8.39. The van der Waals surface area contributed by atoms with E-state index in [4.69, 9.17) is 14.6 Å². The molecule has 222 valence electrons. The molecule has 0 bridgehead atoms. The number of benzene rings is 2. The molecule has 0 radical (unpaired) electrons. The Bertz CT molecular complexity index is 1700. The smallest absolute Gasteiger partial charge is 0.343 e. The summed E-state index contributed by atoms with van der Waals surface area (Å²) in [6.07, 6.45) is 5.21. The fraction of sp³-hybridized carbons (Fsp3) is 0.258. The van der Waals surface area contributed by atoms with Crippen LogP contribution in [0.1, 0.15) is 21.5 Å². The first-order valence-electron chi connectivity index (χ1n) is 13.6. The van der Waals surface area contributed by atoms with Crippen molar-refractivity contribution in [3.05, 3.63) is 78.1 Å². The van der Waals surface area contributed by atoms with Gasteiger partial charge in [0.15, 0.2) is 5.82 Å². The Labute approximate surface area is 250 Å². The molecule has 2 aromatic heterocycles. The quantitative estimate of drug-likeness (QED) is 0.175. The number of nitrogens with zero attached hydrogens (tertiary/aromatic N) is 6. The Morgan fingerprint density at radius 3 is 2.60 bits per heavy atom. The highest BCUT2D eigenvalue weighted by molar-refractivity contribution is 6.02. The average Bonchev–Trinajstić information content (AvgIpc) is 3.58. The lowest BCUT2D eigenvalue weighted by Gasteiger charge is -2.26. The Morgan fingerprint density at radius 1 is 1.09 bits per heavy atom. The lowest BCUT2D eigenvalue weighted by atomic mass is 10.1. The van der Waals surface area contributed by atoms with Gasteiger partial charge in [-0.15, -0.1) is 0 Å². The summed E-state index contributed by atoms with van der Waals surface area (Å²) in [4.78, 5) is 38.2. The van der Waals surface area contributed by atoms with Crippen LogP contribution >= 0.6 is 0 Å². The van der Waals surface area contributed by atoms with E-state index in [0.29, 0.717) is 23.7 Å². The highest BCUT2D eigenvalue weighted by Gasteiger charge is 2.25. The van der Waals surface area contributed by atoms with E-state index < -0.39 is 5.97 Å². The summed E-state index contributed by atoms with van der Waals surface area (Å²) in [5.41, 5.74) is 6.09. The molecule has 12 nitrogen and oxygen atoms in total. The topological polar surface area (TPSA) is 127 Å². The number of fused-ring (bicyclic) bond motifs is 3. The molecule has 4 aromatic rings. The van der Waals surface area contributed by atoms with Crippen molar-refractivity contribution in [2.45, 2.75) is 6.42 Å². The van der Waals surface area contributed by atoms with E-state index >= 15 is 0 Å². The van der Waals surface area contributed by atoms with Gasteiger partial charge in [-0.1, -0.05) is 30.8 Å². The third-order valence-corrected chi connectivity index (χ3v) is 7.14. The van der Waals surface area contributed by atoms with Gasteiger partial charge < -0.3 is 29.9 Å². The zero-order chi connectivity index (χ0) is 30.7. The summed E-state index contributed by atoms with van der Waals surface area (Å²) in [6, 6.07) is 11.7. The molecule has 12 heteroatoms. The minimum absolute atomic E-state index is 0.159. The molecule has 2 heterocycles. The van der Waals surface area contributed by atoms with Crippen LogP contribution in [0.4, 0.5) is 23.0 Å². The van der Waals surface area contributed by atoms with E-state index in [-0.39, 0.29) is 23.2 Å². The number of nitrogens with one attached hydrogen (secondary N) is 2. The van der Waals surface area contributed by atoms with E-state index in [1.54, 1.807) is 17.9 Å². The number of carbonyl (C=O) groups is 2. The number of methoxy groups -OCH3 is 2. The molecule has 43 heavy (non-hydrogen) atoms. The van der Waals surface area contributed by atoms with Crippen molar-refractivity contribution in [1.29, 1.82) is 0 Å². The van der Waals surface area contributed by atoms with E-state index in [9.17, 15) is 9.59 Å².